The summed E-state index contributed by atoms with van der Waals surface area (Å²) in [6.07, 6.45) is 0. The second-order valence-corrected chi connectivity index (χ2v) is 2.71. The first-order chi connectivity index (χ1) is 6.20. The van der Waals surface area contributed by atoms with Crippen LogP contribution in [0.3, 0.4) is 0 Å². The van der Waals surface area contributed by atoms with Gasteiger partial charge in [0.05, 0.1) is 10.9 Å². The van der Waals surface area contributed by atoms with Gasteiger partial charge in [-0.3, -0.25) is 0 Å². The minimum Gasteiger partial charge on any atom is -0.507 e. The molecule has 0 fully saturated rings. The van der Waals surface area contributed by atoms with Gasteiger partial charge in [-0.25, -0.2) is 4.79 Å². The fourth-order valence-electron chi connectivity index (χ4n) is 1.17. The standard InChI is InChI=1S/C10H7O3/c1-6-9(11)7-4-2-3-5-8(7)13-10(6)12/h2-5,11H,1H2. The minimum atomic E-state index is -0.601. The Morgan fingerprint density at radius 2 is 2.00 bits per heavy atom. The van der Waals surface area contributed by atoms with Crippen LogP contribution >= 0.6 is 0 Å². The Balaban J connectivity index is 3.02. The van der Waals surface area contributed by atoms with E-state index in [0.717, 1.165) is 0 Å². The molecule has 0 aliphatic heterocycles. The second kappa shape index (κ2) is 2.62. The Labute approximate surface area is 74.2 Å². The highest BCUT2D eigenvalue weighted by molar-refractivity contribution is 5.84. The summed E-state index contributed by atoms with van der Waals surface area (Å²) < 4.78 is 4.90. The summed E-state index contributed by atoms with van der Waals surface area (Å²) in [7, 11) is 0. The molecule has 1 aromatic heterocycles. The summed E-state index contributed by atoms with van der Waals surface area (Å²) in [4.78, 5) is 11.1. The Hall–Kier alpha value is -1.77. The SMILES string of the molecule is [CH2]c1c(O)c2ccccc2oc1=O. The summed E-state index contributed by atoms with van der Waals surface area (Å²) in [5, 5.41) is 10.0. The van der Waals surface area contributed by atoms with E-state index >= 15 is 0 Å². The molecule has 1 aromatic carbocycles. The minimum absolute atomic E-state index is 0.00120. The number of rotatable bonds is 0. The lowest BCUT2D eigenvalue weighted by molar-refractivity contribution is 0.464. The van der Waals surface area contributed by atoms with Crippen LogP contribution in [0.4, 0.5) is 0 Å². The van der Waals surface area contributed by atoms with Gasteiger partial charge in [-0.1, -0.05) is 12.1 Å². The van der Waals surface area contributed by atoms with Crippen molar-refractivity contribution in [3.05, 3.63) is 47.2 Å². The van der Waals surface area contributed by atoms with E-state index in [1.807, 2.05) is 0 Å². The topological polar surface area (TPSA) is 50.4 Å². The van der Waals surface area contributed by atoms with Gasteiger partial charge in [0.2, 0.25) is 0 Å². The summed E-state index contributed by atoms with van der Waals surface area (Å²) in [5.74, 6) is -0.105. The molecule has 0 amide bonds. The molecule has 3 heteroatoms. The number of benzene rings is 1. The van der Waals surface area contributed by atoms with Crippen LogP contribution in [0.2, 0.25) is 0 Å². The zero-order valence-corrected chi connectivity index (χ0v) is 6.78. The molecular formula is C10H7O3. The summed E-state index contributed by atoms with van der Waals surface area (Å²) in [6, 6.07) is 6.77. The Bertz CT molecular complexity index is 511. The normalized spacial score (nSPS) is 10.5. The second-order valence-electron chi connectivity index (χ2n) is 2.71. The van der Waals surface area contributed by atoms with Crippen LogP contribution in [0.1, 0.15) is 5.56 Å². The van der Waals surface area contributed by atoms with Gasteiger partial charge in [-0.05, 0) is 19.1 Å². The molecule has 13 heavy (non-hydrogen) atoms. The molecule has 0 bridgehead atoms. The number of hydrogen-bond acceptors (Lipinski definition) is 3. The Kier molecular flexibility index (Phi) is 1.59. The van der Waals surface area contributed by atoms with Crippen molar-refractivity contribution in [3.63, 3.8) is 0 Å². The van der Waals surface area contributed by atoms with Gasteiger partial charge in [-0.15, -0.1) is 0 Å². The first-order valence-corrected chi connectivity index (χ1v) is 3.77. The first kappa shape index (κ1) is 7.86. The maximum atomic E-state index is 11.1. The lowest BCUT2D eigenvalue weighted by atomic mass is 10.2. The van der Waals surface area contributed by atoms with Crippen LogP contribution in [0, 0.1) is 6.92 Å². The summed E-state index contributed by atoms with van der Waals surface area (Å²) >= 11 is 0. The van der Waals surface area contributed by atoms with E-state index in [-0.39, 0.29) is 11.3 Å². The maximum Gasteiger partial charge on any atom is 0.343 e. The zero-order chi connectivity index (χ0) is 9.42. The predicted octanol–water partition coefficient (Wildman–Crippen LogP) is 1.68. The third-order valence-corrected chi connectivity index (χ3v) is 1.88. The average Bonchev–Trinajstić information content (AvgIpc) is 2.15. The quantitative estimate of drug-likeness (QED) is 0.620. The highest BCUT2D eigenvalue weighted by Crippen LogP contribution is 2.24. The summed E-state index contributed by atoms with van der Waals surface area (Å²) in [5.41, 5.74) is -0.229. The van der Waals surface area contributed by atoms with Gasteiger partial charge < -0.3 is 9.52 Å². The molecule has 0 aliphatic rings. The van der Waals surface area contributed by atoms with Gasteiger partial charge in [0.25, 0.3) is 0 Å². The van der Waals surface area contributed by atoms with Crippen LogP contribution < -0.4 is 5.63 Å². The van der Waals surface area contributed by atoms with E-state index in [9.17, 15) is 9.90 Å². The van der Waals surface area contributed by atoms with Crippen molar-refractivity contribution in [3.8, 4) is 5.75 Å². The lowest BCUT2D eigenvalue weighted by Crippen LogP contribution is -2.02. The van der Waals surface area contributed by atoms with E-state index in [1.54, 1.807) is 24.3 Å². The Morgan fingerprint density at radius 3 is 2.77 bits per heavy atom. The van der Waals surface area contributed by atoms with Crippen molar-refractivity contribution < 1.29 is 9.52 Å². The van der Waals surface area contributed by atoms with Crippen molar-refractivity contribution in [2.24, 2.45) is 0 Å². The molecule has 0 atom stereocenters. The number of para-hydroxylation sites is 1. The fourth-order valence-corrected chi connectivity index (χ4v) is 1.17. The van der Waals surface area contributed by atoms with Crippen LogP contribution in [0.25, 0.3) is 11.0 Å². The molecule has 65 valence electrons. The molecule has 0 saturated carbocycles. The third-order valence-electron chi connectivity index (χ3n) is 1.88. The largest absolute Gasteiger partial charge is 0.507 e. The molecule has 1 heterocycles. The molecule has 0 spiro atoms. The van der Waals surface area contributed by atoms with Crippen LogP contribution in [-0.2, 0) is 0 Å². The molecule has 2 rings (SSSR count). The van der Waals surface area contributed by atoms with Crippen molar-refractivity contribution >= 4 is 11.0 Å². The molecule has 3 nitrogen and oxygen atoms in total. The van der Waals surface area contributed by atoms with E-state index in [0.29, 0.717) is 11.0 Å². The van der Waals surface area contributed by atoms with Crippen molar-refractivity contribution in [1.29, 1.82) is 0 Å². The molecule has 1 N–H and O–H groups in total. The van der Waals surface area contributed by atoms with Gasteiger partial charge in [-0.2, -0.15) is 0 Å². The van der Waals surface area contributed by atoms with E-state index in [2.05, 4.69) is 6.92 Å². The smallest absolute Gasteiger partial charge is 0.343 e. The van der Waals surface area contributed by atoms with Crippen LogP contribution in [0.15, 0.2) is 33.5 Å². The Morgan fingerprint density at radius 1 is 1.31 bits per heavy atom. The van der Waals surface area contributed by atoms with Gasteiger partial charge in [0.15, 0.2) is 0 Å². The van der Waals surface area contributed by atoms with Crippen LogP contribution in [-0.4, -0.2) is 5.11 Å². The van der Waals surface area contributed by atoms with E-state index < -0.39 is 5.63 Å². The van der Waals surface area contributed by atoms with Gasteiger partial charge >= 0.3 is 5.63 Å². The van der Waals surface area contributed by atoms with Gasteiger partial charge in [0, 0.05) is 0 Å². The molecule has 0 saturated heterocycles. The molecule has 2 aromatic rings. The van der Waals surface area contributed by atoms with Crippen molar-refractivity contribution in [2.75, 3.05) is 0 Å². The highest BCUT2D eigenvalue weighted by atomic mass is 16.4. The highest BCUT2D eigenvalue weighted by Gasteiger charge is 2.08. The zero-order valence-electron chi connectivity index (χ0n) is 6.78. The van der Waals surface area contributed by atoms with Crippen molar-refractivity contribution in [1.82, 2.24) is 0 Å². The number of fused-ring (bicyclic) bond motifs is 1. The lowest BCUT2D eigenvalue weighted by Gasteiger charge is -2.00. The average molecular weight is 175 g/mol. The summed E-state index contributed by atoms with van der Waals surface area (Å²) in [6.45, 7) is 3.41. The molecular weight excluding hydrogens is 168 g/mol. The molecule has 0 unspecified atom stereocenters. The maximum absolute atomic E-state index is 11.1. The first-order valence-electron chi connectivity index (χ1n) is 3.77. The molecule has 1 radical (unpaired) electrons. The van der Waals surface area contributed by atoms with Gasteiger partial charge in [0.1, 0.15) is 11.3 Å². The third kappa shape index (κ3) is 1.09. The monoisotopic (exact) mass is 175 g/mol. The molecule has 0 aliphatic carbocycles. The fraction of sp³-hybridized carbons (Fsp3) is 0. The number of aromatic hydroxyl groups is 1. The predicted molar refractivity (Wildman–Crippen MR) is 48.6 cm³/mol. The van der Waals surface area contributed by atoms with Crippen LogP contribution in [0.5, 0.6) is 5.75 Å². The van der Waals surface area contributed by atoms with E-state index in [1.165, 1.54) is 0 Å². The van der Waals surface area contributed by atoms with E-state index in [4.69, 9.17) is 4.42 Å². The number of hydrogen-bond donors (Lipinski definition) is 1. The van der Waals surface area contributed by atoms with Crippen molar-refractivity contribution in [2.45, 2.75) is 0 Å².